The first-order valence-corrected chi connectivity index (χ1v) is 8.40. The van der Waals surface area contributed by atoms with E-state index in [1.54, 1.807) is 0 Å². The van der Waals surface area contributed by atoms with E-state index in [4.69, 9.17) is 0 Å². The molecule has 0 amide bonds. The Kier molecular flexibility index (Phi) is 7.09. The maximum Gasteiger partial charge on any atom is 0.0554 e. The molecule has 0 atom stereocenters. The van der Waals surface area contributed by atoms with Crippen molar-refractivity contribution in [3.05, 3.63) is 70.2 Å². The van der Waals surface area contributed by atoms with Gasteiger partial charge in [-0.2, -0.15) is 5.10 Å². The molecule has 0 aliphatic carbocycles. The monoisotopic (exact) mass is 393 g/mol. The topological polar surface area (TPSA) is 18.8 Å². The molecule has 122 valence electrons. The Morgan fingerprint density at radius 1 is 0.913 bits per heavy atom. The van der Waals surface area contributed by atoms with E-state index in [0.29, 0.717) is 0 Å². The maximum atomic E-state index is 4.61. The van der Waals surface area contributed by atoms with Crippen molar-refractivity contribution in [3.63, 3.8) is 0 Å². The molecule has 0 aromatic heterocycles. The van der Waals surface area contributed by atoms with E-state index in [2.05, 4.69) is 67.3 Å². The summed E-state index contributed by atoms with van der Waals surface area (Å²) in [4.78, 5) is 2.49. The fraction of sp³-hybridized carbons (Fsp3) is 0.278. The van der Waals surface area contributed by atoms with E-state index < -0.39 is 0 Å². The van der Waals surface area contributed by atoms with Crippen molar-refractivity contribution in [1.29, 1.82) is 0 Å². The van der Waals surface area contributed by atoms with Gasteiger partial charge in [0.15, 0.2) is 0 Å². The quantitative estimate of drug-likeness (QED) is 0.729. The number of nitrogens with zero attached hydrogens (tertiary/aromatic N) is 3. The van der Waals surface area contributed by atoms with Gasteiger partial charge < -0.3 is 0 Å². The summed E-state index contributed by atoms with van der Waals surface area (Å²) in [6.45, 7) is 5.11. The lowest BCUT2D eigenvalue weighted by Gasteiger charge is -2.33. The van der Waals surface area contributed by atoms with Crippen molar-refractivity contribution in [2.75, 3.05) is 26.2 Å². The van der Waals surface area contributed by atoms with E-state index in [1.165, 1.54) is 5.56 Å². The first-order chi connectivity index (χ1) is 10.8. The molecule has 0 spiro atoms. The van der Waals surface area contributed by atoms with Crippen LogP contribution in [0.3, 0.4) is 0 Å². The Hall–Kier alpha value is -1.36. The molecule has 2 aromatic carbocycles. The fourth-order valence-electron chi connectivity index (χ4n) is 2.58. The van der Waals surface area contributed by atoms with Crippen molar-refractivity contribution in [2.24, 2.45) is 5.10 Å². The normalized spacial score (nSPS) is 15.6. The van der Waals surface area contributed by atoms with Crippen LogP contribution in [0.15, 0.2) is 64.2 Å². The Morgan fingerprint density at radius 3 is 2.26 bits per heavy atom. The molecular formula is C18H21BrClN3. The summed E-state index contributed by atoms with van der Waals surface area (Å²) in [6.07, 6.45) is 1.94. The highest BCUT2D eigenvalue weighted by Gasteiger charge is 2.15. The average Bonchev–Trinajstić information content (AvgIpc) is 2.56. The van der Waals surface area contributed by atoms with Gasteiger partial charge in [0.2, 0.25) is 0 Å². The van der Waals surface area contributed by atoms with Crippen LogP contribution in [0.25, 0.3) is 0 Å². The molecular weight excluding hydrogens is 374 g/mol. The lowest BCUT2D eigenvalue weighted by molar-refractivity contribution is 0.131. The van der Waals surface area contributed by atoms with Crippen LogP contribution in [-0.2, 0) is 6.54 Å². The fourth-order valence-corrected chi connectivity index (χ4v) is 2.96. The highest BCUT2D eigenvalue weighted by Crippen LogP contribution is 2.14. The summed E-state index contributed by atoms with van der Waals surface area (Å²) in [6, 6.07) is 18.8. The zero-order chi connectivity index (χ0) is 15.2. The molecule has 1 aliphatic rings. The summed E-state index contributed by atoms with van der Waals surface area (Å²) in [7, 11) is 0. The maximum absolute atomic E-state index is 4.61. The van der Waals surface area contributed by atoms with Crippen molar-refractivity contribution in [1.82, 2.24) is 9.91 Å². The van der Waals surface area contributed by atoms with Gasteiger partial charge in [0, 0.05) is 42.8 Å². The molecule has 0 bridgehead atoms. The molecule has 0 saturated carbocycles. The number of piperazine rings is 1. The SMILES string of the molecule is Brc1ccccc1C=NN1CCN(Cc2ccccc2)CC1.Cl. The van der Waals surface area contributed by atoms with Crippen LogP contribution in [0.2, 0.25) is 0 Å². The molecule has 1 heterocycles. The molecule has 5 heteroatoms. The lowest BCUT2D eigenvalue weighted by Crippen LogP contribution is -2.43. The molecule has 1 fully saturated rings. The number of rotatable bonds is 4. The molecule has 0 unspecified atom stereocenters. The zero-order valence-electron chi connectivity index (χ0n) is 12.9. The van der Waals surface area contributed by atoms with Crippen molar-refractivity contribution < 1.29 is 0 Å². The van der Waals surface area contributed by atoms with E-state index in [1.807, 2.05) is 24.4 Å². The summed E-state index contributed by atoms with van der Waals surface area (Å²) >= 11 is 3.55. The minimum absolute atomic E-state index is 0. The number of benzene rings is 2. The van der Waals surface area contributed by atoms with Gasteiger partial charge in [0.1, 0.15) is 0 Å². The third kappa shape index (κ3) is 5.34. The van der Waals surface area contributed by atoms with Crippen LogP contribution in [0.4, 0.5) is 0 Å². The Balaban J connectivity index is 0.00000192. The molecule has 1 saturated heterocycles. The summed E-state index contributed by atoms with van der Waals surface area (Å²) in [5.74, 6) is 0. The third-order valence-electron chi connectivity index (χ3n) is 3.86. The second-order valence-electron chi connectivity index (χ2n) is 5.48. The second-order valence-corrected chi connectivity index (χ2v) is 6.34. The van der Waals surface area contributed by atoms with Crippen molar-refractivity contribution in [2.45, 2.75) is 6.54 Å². The van der Waals surface area contributed by atoms with Gasteiger partial charge in [-0.3, -0.25) is 9.91 Å². The molecule has 1 aliphatic heterocycles. The number of hydrazone groups is 1. The minimum atomic E-state index is 0. The second kappa shape index (κ2) is 9.06. The molecule has 3 rings (SSSR count). The summed E-state index contributed by atoms with van der Waals surface area (Å²) < 4.78 is 1.08. The molecule has 23 heavy (non-hydrogen) atoms. The summed E-state index contributed by atoms with van der Waals surface area (Å²) in [5, 5.41) is 6.76. The van der Waals surface area contributed by atoms with Crippen molar-refractivity contribution in [3.8, 4) is 0 Å². The minimum Gasteiger partial charge on any atom is -0.295 e. The third-order valence-corrected chi connectivity index (χ3v) is 4.59. The first-order valence-electron chi connectivity index (χ1n) is 7.61. The standard InChI is InChI=1S/C18H20BrN3.ClH/c19-18-9-5-4-8-17(18)14-20-22-12-10-21(11-13-22)15-16-6-2-1-3-7-16;/h1-9,14H,10-13,15H2;1H. The van der Waals surface area contributed by atoms with Gasteiger partial charge in [-0.15, -0.1) is 12.4 Å². The van der Waals surface area contributed by atoms with Gasteiger partial charge in [-0.1, -0.05) is 64.5 Å². The largest absolute Gasteiger partial charge is 0.295 e. The van der Waals surface area contributed by atoms with E-state index >= 15 is 0 Å². The number of hydrogen-bond donors (Lipinski definition) is 0. The van der Waals surface area contributed by atoms with Gasteiger partial charge in [-0.25, -0.2) is 0 Å². The van der Waals surface area contributed by atoms with E-state index in [0.717, 1.165) is 42.8 Å². The van der Waals surface area contributed by atoms with E-state index in [-0.39, 0.29) is 12.4 Å². The smallest absolute Gasteiger partial charge is 0.0554 e. The van der Waals surface area contributed by atoms with Crippen LogP contribution >= 0.6 is 28.3 Å². The Morgan fingerprint density at radius 2 is 1.57 bits per heavy atom. The highest BCUT2D eigenvalue weighted by molar-refractivity contribution is 9.10. The predicted molar refractivity (Wildman–Crippen MR) is 102 cm³/mol. The van der Waals surface area contributed by atoms with Crippen LogP contribution in [-0.4, -0.2) is 42.3 Å². The van der Waals surface area contributed by atoms with Gasteiger partial charge >= 0.3 is 0 Å². The van der Waals surface area contributed by atoms with Crippen LogP contribution < -0.4 is 0 Å². The van der Waals surface area contributed by atoms with Crippen LogP contribution in [0, 0.1) is 0 Å². The van der Waals surface area contributed by atoms with Crippen LogP contribution in [0.1, 0.15) is 11.1 Å². The molecule has 0 radical (unpaired) electrons. The van der Waals surface area contributed by atoms with Crippen molar-refractivity contribution >= 4 is 34.6 Å². The Labute approximate surface area is 152 Å². The molecule has 3 nitrogen and oxygen atoms in total. The van der Waals surface area contributed by atoms with E-state index in [9.17, 15) is 0 Å². The molecule has 0 N–H and O–H groups in total. The number of hydrogen-bond acceptors (Lipinski definition) is 3. The predicted octanol–water partition coefficient (Wildman–Crippen LogP) is 4.02. The van der Waals surface area contributed by atoms with Gasteiger partial charge in [0.25, 0.3) is 0 Å². The average molecular weight is 395 g/mol. The van der Waals surface area contributed by atoms with Gasteiger partial charge in [-0.05, 0) is 11.6 Å². The van der Waals surface area contributed by atoms with Gasteiger partial charge in [0.05, 0.1) is 6.21 Å². The first kappa shape index (κ1) is 18.0. The zero-order valence-corrected chi connectivity index (χ0v) is 15.3. The molecule has 2 aromatic rings. The van der Waals surface area contributed by atoms with Crippen LogP contribution in [0.5, 0.6) is 0 Å². The lowest BCUT2D eigenvalue weighted by atomic mass is 10.2. The number of halogens is 2. The Bertz CT molecular complexity index is 625. The highest BCUT2D eigenvalue weighted by atomic mass is 79.9. The summed E-state index contributed by atoms with van der Waals surface area (Å²) in [5.41, 5.74) is 2.50.